The molecule has 6 rings (SSSR count). The highest BCUT2D eigenvalue weighted by Crippen LogP contribution is 2.30. The second-order valence-electron chi connectivity index (χ2n) is 9.74. The minimum absolute atomic E-state index is 0.150. The lowest BCUT2D eigenvalue weighted by atomic mass is 9.95. The largest absolute Gasteiger partial charge is 0.490 e. The number of amides is 1. The number of likely N-dealkylation sites (tertiary alicyclic amines) is 1. The fourth-order valence-electron chi connectivity index (χ4n) is 4.77. The molecule has 1 saturated heterocycles. The van der Waals surface area contributed by atoms with Gasteiger partial charge in [-0.3, -0.25) is 4.79 Å². The fourth-order valence-corrected chi connectivity index (χ4v) is 4.77. The van der Waals surface area contributed by atoms with E-state index in [4.69, 9.17) is 9.57 Å². The molecular weight excluding hydrogens is 461 g/mol. The second kappa shape index (κ2) is 9.52. The molecule has 1 aliphatic carbocycles. The number of aliphatic hydroxyl groups excluding tert-OH is 1. The Bertz CT molecular complexity index is 1320. The van der Waals surface area contributed by atoms with Crippen molar-refractivity contribution in [2.24, 2.45) is 5.16 Å². The number of nitrogens with zero attached hydrogens (tertiary/aromatic N) is 2. The molecule has 8 heteroatoms. The zero-order chi connectivity index (χ0) is 24.6. The van der Waals surface area contributed by atoms with Crippen molar-refractivity contribution in [1.29, 1.82) is 0 Å². The van der Waals surface area contributed by atoms with Crippen LogP contribution in [0.3, 0.4) is 0 Å². The number of halogens is 1. The number of oxime groups is 1. The van der Waals surface area contributed by atoms with E-state index in [1.165, 1.54) is 12.1 Å². The van der Waals surface area contributed by atoms with E-state index >= 15 is 0 Å². The third-order valence-electron chi connectivity index (χ3n) is 7.08. The lowest BCUT2D eigenvalue weighted by molar-refractivity contribution is -0.116. The van der Waals surface area contributed by atoms with Crippen molar-refractivity contribution >= 4 is 22.4 Å². The van der Waals surface area contributed by atoms with Gasteiger partial charge in [-0.25, -0.2) is 4.39 Å². The number of hydrogen-bond donors (Lipinski definition) is 2. The van der Waals surface area contributed by atoms with Crippen LogP contribution in [0.25, 0.3) is 10.8 Å². The van der Waals surface area contributed by atoms with Crippen molar-refractivity contribution in [2.45, 2.75) is 44.1 Å². The van der Waals surface area contributed by atoms with Crippen molar-refractivity contribution in [3.63, 3.8) is 0 Å². The first-order valence-corrected chi connectivity index (χ1v) is 12.4. The summed E-state index contributed by atoms with van der Waals surface area (Å²) in [5.41, 5.74) is 2.30. The van der Waals surface area contributed by atoms with Gasteiger partial charge in [0.25, 0.3) is 5.91 Å². The molecule has 2 atom stereocenters. The van der Waals surface area contributed by atoms with Crippen molar-refractivity contribution in [3.8, 4) is 5.75 Å². The number of rotatable bonds is 8. The normalized spacial score (nSPS) is 18.9. The summed E-state index contributed by atoms with van der Waals surface area (Å²) in [6.45, 7) is 2.58. The summed E-state index contributed by atoms with van der Waals surface area (Å²) in [7, 11) is 0. The van der Waals surface area contributed by atoms with Crippen LogP contribution >= 0.6 is 0 Å². The van der Waals surface area contributed by atoms with E-state index in [9.17, 15) is 14.3 Å². The fraction of sp³-hybridized carbons (Fsp3) is 0.357. The molecule has 3 aliphatic rings. The van der Waals surface area contributed by atoms with Crippen LogP contribution in [-0.2, 0) is 16.2 Å². The van der Waals surface area contributed by atoms with Crippen LogP contribution in [0.1, 0.15) is 42.1 Å². The lowest BCUT2D eigenvalue weighted by Crippen LogP contribution is -2.52. The maximum absolute atomic E-state index is 13.7. The topological polar surface area (TPSA) is 83.4 Å². The van der Waals surface area contributed by atoms with Gasteiger partial charge in [0.05, 0.1) is 12.1 Å². The Morgan fingerprint density at radius 3 is 2.69 bits per heavy atom. The standard InChI is InChI=1S/C28H28FN3O4/c29-19-5-11-22-18(14-19)4-10-23-24(22)16-35-31-26(23)28(34)30-25(15-32-12-1-13-32)27(33)17-2-6-20(7-3-17)36-21-8-9-21/h2-7,10-11,14,21,25,27,33H,1,8-9,12-13,15-16H2,(H,30,34)/t25-,27-/m1/s1. The molecular formula is C28H28FN3O4. The summed E-state index contributed by atoms with van der Waals surface area (Å²) in [6, 6.07) is 15.0. The number of carbonyl (C=O) groups is 1. The molecule has 7 nitrogen and oxygen atoms in total. The number of carbonyl (C=O) groups excluding carboxylic acids is 1. The predicted octanol–water partition coefficient (Wildman–Crippen LogP) is 3.68. The van der Waals surface area contributed by atoms with Gasteiger partial charge >= 0.3 is 0 Å². The Kier molecular flexibility index (Phi) is 6.07. The zero-order valence-corrected chi connectivity index (χ0v) is 19.8. The molecule has 2 heterocycles. The van der Waals surface area contributed by atoms with E-state index in [1.54, 1.807) is 18.2 Å². The van der Waals surface area contributed by atoms with Gasteiger partial charge < -0.3 is 24.9 Å². The molecule has 2 fully saturated rings. The number of benzene rings is 3. The molecule has 0 spiro atoms. The first-order chi connectivity index (χ1) is 17.5. The smallest absolute Gasteiger partial charge is 0.274 e. The summed E-state index contributed by atoms with van der Waals surface area (Å²) in [5.74, 6) is 0.0469. The quantitative estimate of drug-likeness (QED) is 0.505. The molecule has 3 aromatic rings. The Morgan fingerprint density at radius 2 is 1.97 bits per heavy atom. The first-order valence-electron chi connectivity index (χ1n) is 12.4. The number of aliphatic hydroxyl groups is 1. The van der Waals surface area contributed by atoms with Crippen LogP contribution in [0.15, 0.2) is 59.8 Å². The average molecular weight is 490 g/mol. The van der Waals surface area contributed by atoms with Gasteiger partial charge in [-0.05, 0) is 73.0 Å². The molecule has 2 N–H and O–H groups in total. The molecule has 3 aromatic carbocycles. The van der Waals surface area contributed by atoms with E-state index in [1.807, 2.05) is 24.3 Å². The van der Waals surface area contributed by atoms with Crippen molar-refractivity contribution in [2.75, 3.05) is 19.6 Å². The summed E-state index contributed by atoms with van der Waals surface area (Å²) < 4.78 is 19.5. The van der Waals surface area contributed by atoms with Crippen molar-refractivity contribution in [1.82, 2.24) is 10.2 Å². The molecule has 36 heavy (non-hydrogen) atoms. The number of hydrogen-bond acceptors (Lipinski definition) is 6. The van der Waals surface area contributed by atoms with E-state index in [0.29, 0.717) is 23.8 Å². The van der Waals surface area contributed by atoms with Crippen molar-refractivity contribution < 1.29 is 23.9 Å². The molecule has 0 radical (unpaired) electrons. The molecule has 0 bridgehead atoms. The number of fused-ring (bicyclic) bond motifs is 3. The van der Waals surface area contributed by atoms with Gasteiger partial charge in [0, 0.05) is 17.7 Å². The minimum Gasteiger partial charge on any atom is -0.490 e. The predicted molar refractivity (Wildman–Crippen MR) is 133 cm³/mol. The minimum atomic E-state index is -0.909. The van der Waals surface area contributed by atoms with E-state index in [-0.39, 0.29) is 18.1 Å². The molecule has 0 aromatic heterocycles. The molecule has 2 aliphatic heterocycles. The zero-order valence-electron chi connectivity index (χ0n) is 19.8. The SMILES string of the molecule is O=C(N[C@H](CN1CCC1)[C@H](O)c1ccc(OC2CC2)cc1)C1=NOCc2c1ccc1cc(F)ccc21. The van der Waals surface area contributed by atoms with Gasteiger partial charge in [-0.2, -0.15) is 0 Å². The van der Waals surface area contributed by atoms with Gasteiger partial charge in [0.15, 0.2) is 5.71 Å². The average Bonchev–Trinajstić information content (AvgIpc) is 3.68. The first kappa shape index (κ1) is 22.9. The maximum atomic E-state index is 13.7. The van der Waals surface area contributed by atoms with E-state index in [0.717, 1.165) is 54.4 Å². The highest BCUT2D eigenvalue weighted by atomic mass is 19.1. The Hall–Kier alpha value is -3.49. The molecule has 1 saturated carbocycles. The maximum Gasteiger partial charge on any atom is 0.274 e. The van der Waals surface area contributed by atoms with Gasteiger partial charge in [0.2, 0.25) is 0 Å². The van der Waals surface area contributed by atoms with Crippen LogP contribution in [0.5, 0.6) is 5.75 Å². The van der Waals surface area contributed by atoms with Gasteiger partial charge in [-0.15, -0.1) is 0 Å². The van der Waals surface area contributed by atoms with Crippen LogP contribution in [-0.4, -0.2) is 53.4 Å². The molecule has 0 unspecified atom stereocenters. The van der Waals surface area contributed by atoms with E-state index in [2.05, 4.69) is 15.4 Å². The summed E-state index contributed by atoms with van der Waals surface area (Å²) in [6.07, 6.45) is 2.66. The monoisotopic (exact) mass is 489 g/mol. The number of ether oxygens (including phenoxy) is 1. The molecule has 186 valence electrons. The van der Waals surface area contributed by atoms with Crippen LogP contribution < -0.4 is 10.1 Å². The van der Waals surface area contributed by atoms with Gasteiger partial charge in [0.1, 0.15) is 24.3 Å². The highest BCUT2D eigenvalue weighted by Gasteiger charge is 2.31. The Balaban J connectivity index is 1.23. The van der Waals surface area contributed by atoms with E-state index < -0.39 is 18.1 Å². The third-order valence-corrected chi connectivity index (χ3v) is 7.08. The highest BCUT2D eigenvalue weighted by molar-refractivity contribution is 6.46. The Morgan fingerprint density at radius 1 is 1.17 bits per heavy atom. The molecule has 1 amide bonds. The summed E-state index contributed by atoms with van der Waals surface area (Å²) in [5, 5.41) is 19.9. The van der Waals surface area contributed by atoms with Crippen molar-refractivity contribution in [3.05, 3.63) is 77.1 Å². The second-order valence-corrected chi connectivity index (χ2v) is 9.74. The van der Waals surface area contributed by atoms with Gasteiger partial charge in [-0.1, -0.05) is 35.5 Å². The summed E-state index contributed by atoms with van der Waals surface area (Å²) in [4.78, 5) is 21.0. The van der Waals surface area contributed by atoms with Crippen LogP contribution in [0.4, 0.5) is 4.39 Å². The van der Waals surface area contributed by atoms with Crippen LogP contribution in [0, 0.1) is 5.82 Å². The van der Waals surface area contributed by atoms with Crippen LogP contribution in [0.2, 0.25) is 0 Å². The third kappa shape index (κ3) is 4.66. The Labute approximate surface area is 208 Å². The number of nitrogens with one attached hydrogen (secondary N) is 1. The lowest BCUT2D eigenvalue weighted by Gasteiger charge is -2.36. The summed E-state index contributed by atoms with van der Waals surface area (Å²) >= 11 is 0.